The molecule has 0 radical (unpaired) electrons. The van der Waals surface area contributed by atoms with Crippen molar-refractivity contribution in [3.63, 3.8) is 0 Å². The van der Waals surface area contributed by atoms with E-state index in [1.54, 1.807) is 24.3 Å². The van der Waals surface area contributed by atoms with Gasteiger partial charge in [0.25, 0.3) is 0 Å². The molecule has 0 fully saturated rings. The van der Waals surface area contributed by atoms with E-state index in [-0.39, 0.29) is 26.2 Å². The standard InChI is InChI=1S/C22H24N4O5/c1-29-21(28)22(13-17-5-2-3-6-18(17)14-24-26-23)15-31-20(25-22)16-7-9-19(10-8-16)30-12-4-11-27/h2-3,5-10,27H,4,11-15H2,1H3/t22-/m1/s1. The number of aliphatic hydroxyl groups excluding tert-OH is 1. The number of ether oxygens (including phenoxy) is 3. The maximum Gasteiger partial charge on any atom is 0.337 e. The van der Waals surface area contributed by atoms with Gasteiger partial charge in [-0.15, -0.1) is 0 Å². The maximum absolute atomic E-state index is 12.7. The molecule has 9 heteroatoms. The summed E-state index contributed by atoms with van der Waals surface area (Å²) < 4.78 is 16.4. The van der Waals surface area contributed by atoms with Gasteiger partial charge in [0.05, 0.1) is 20.3 Å². The summed E-state index contributed by atoms with van der Waals surface area (Å²) >= 11 is 0. The average molecular weight is 424 g/mol. The SMILES string of the molecule is COC(=O)[C@@]1(Cc2ccccc2CN=[N+]=[N-])COC(c2ccc(OCCCO)cc2)=N1. The number of aliphatic imine (C=N–C) groups is 1. The normalized spacial score (nSPS) is 17.3. The monoisotopic (exact) mass is 424 g/mol. The van der Waals surface area contributed by atoms with Crippen LogP contribution in [0.25, 0.3) is 10.4 Å². The summed E-state index contributed by atoms with van der Waals surface area (Å²) in [7, 11) is 1.32. The largest absolute Gasteiger partial charge is 0.494 e. The number of azide groups is 1. The minimum atomic E-state index is -1.23. The molecule has 9 nitrogen and oxygen atoms in total. The van der Waals surface area contributed by atoms with Crippen LogP contribution in [0.2, 0.25) is 0 Å². The van der Waals surface area contributed by atoms with Crippen LogP contribution >= 0.6 is 0 Å². The van der Waals surface area contributed by atoms with Crippen LogP contribution in [0.15, 0.2) is 58.6 Å². The zero-order chi connectivity index (χ0) is 22.1. The van der Waals surface area contributed by atoms with Gasteiger partial charge in [-0.1, -0.05) is 29.4 Å². The minimum Gasteiger partial charge on any atom is -0.494 e. The topological polar surface area (TPSA) is 126 Å². The Morgan fingerprint density at radius 1 is 1.26 bits per heavy atom. The summed E-state index contributed by atoms with van der Waals surface area (Å²) in [6.45, 7) is 0.719. The molecule has 0 unspecified atom stereocenters. The summed E-state index contributed by atoms with van der Waals surface area (Å²) in [6.07, 6.45) is 0.809. The molecule has 2 aromatic carbocycles. The van der Waals surface area contributed by atoms with Gasteiger partial charge in [-0.05, 0) is 40.9 Å². The smallest absolute Gasteiger partial charge is 0.337 e. The van der Waals surface area contributed by atoms with Gasteiger partial charge >= 0.3 is 5.97 Å². The van der Waals surface area contributed by atoms with Crippen LogP contribution in [0.4, 0.5) is 0 Å². The molecule has 0 amide bonds. The lowest BCUT2D eigenvalue weighted by atomic mass is 9.90. The van der Waals surface area contributed by atoms with Crippen LogP contribution in [0.5, 0.6) is 5.75 Å². The maximum atomic E-state index is 12.7. The van der Waals surface area contributed by atoms with Crippen molar-refractivity contribution in [3.8, 4) is 5.75 Å². The highest BCUT2D eigenvalue weighted by Crippen LogP contribution is 2.29. The summed E-state index contributed by atoms with van der Waals surface area (Å²) in [6, 6.07) is 14.6. The van der Waals surface area contributed by atoms with Crippen LogP contribution in [-0.4, -0.2) is 49.4 Å². The number of esters is 1. The van der Waals surface area contributed by atoms with Gasteiger partial charge in [-0.2, -0.15) is 0 Å². The Bertz CT molecular complexity index is 986. The Kier molecular flexibility index (Phi) is 7.48. The van der Waals surface area contributed by atoms with E-state index in [1.807, 2.05) is 24.3 Å². The molecule has 0 saturated heterocycles. The first kappa shape index (κ1) is 22.1. The van der Waals surface area contributed by atoms with Crippen molar-refractivity contribution >= 4 is 11.9 Å². The molecule has 1 atom stereocenters. The van der Waals surface area contributed by atoms with E-state index < -0.39 is 11.5 Å². The molecule has 1 heterocycles. The van der Waals surface area contributed by atoms with Crippen molar-refractivity contribution in [2.45, 2.75) is 24.9 Å². The first-order chi connectivity index (χ1) is 15.1. The lowest BCUT2D eigenvalue weighted by Crippen LogP contribution is -2.42. The summed E-state index contributed by atoms with van der Waals surface area (Å²) in [5.74, 6) is 0.520. The van der Waals surface area contributed by atoms with Crippen molar-refractivity contribution < 1.29 is 24.1 Å². The molecule has 31 heavy (non-hydrogen) atoms. The number of hydrogen-bond donors (Lipinski definition) is 1. The molecule has 1 aliphatic rings. The molecule has 162 valence electrons. The first-order valence-corrected chi connectivity index (χ1v) is 9.84. The Morgan fingerprint density at radius 2 is 2.00 bits per heavy atom. The fourth-order valence-corrected chi connectivity index (χ4v) is 3.31. The van der Waals surface area contributed by atoms with E-state index in [0.29, 0.717) is 30.2 Å². The number of aliphatic hydroxyl groups is 1. The van der Waals surface area contributed by atoms with E-state index >= 15 is 0 Å². The Balaban J connectivity index is 1.85. The third-order valence-corrected chi connectivity index (χ3v) is 4.91. The number of hydrogen-bond acceptors (Lipinski definition) is 7. The number of methoxy groups -OCH3 is 1. The van der Waals surface area contributed by atoms with Gasteiger partial charge in [0.1, 0.15) is 12.4 Å². The molecule has 1 N–H and O–H groups in total. The fourth-order valence-electron chi connectivity index (χ4n) is 3.31. The van der Waals surface area contributed by atoms with E-state index in [2.05, 4.69) is 15.0 Å². The summed E-state index contributed by atoms with van der Waals surface area (Å²) in [5, 5.41) is 12.5. The molecule has 0 spiro atoms. The van der Waals surface area contributed by atoms with E-state index in [0.717, 1.165) is 11.1 Å². The first-order valence-electron chi connectivity index (χ1n) is 9.84. The lowest BCUT2D eigenvalue weighted by molar-refractivity contribution is -0.147. The number of nitrogens with zero attached hydrogens (tertiary/aromatic N) is 4. The molecular formula is C22H24N4O5. The third kappa shape index (κ3) is 5.33. The number of benzene rings is 2. The highest BCUT2D eigenvalue weighted by Gasteiger charge is 2.46. The van der Waals surface area contributed by atoms with Gasteiger partial charge in [-0.25, -0.2) is 9.79 Å². The van der Waals surface area contributed by atoms with Gasteiger partial charge < -0.3 is 19.3 Å². The fraction of sp³-hybridized carbons (Fsp3) is 0.364. The predicted octanol–water partition coefficient (Wildman–Crippen LogP) is 3.19. The third-order valence-electron chi connectivity index (χ3n) is 4.91. The highest BCUT2D eigenvalue weighted by molar-refractivity contribution is 5.99. The number of carbonyl (C=O) groups is 1. The van der Waals surface area contributed by atoms with Crippen molar-refractivity contribution in [2.75, 3.05) is 26.9 Å². The van der Waals surface area contributed by atoms with E-state index in [4.69, 9.17) is 24.8 Å². The van der Waals surface area contributed by atoms with E-state index in [1.165, 1.54) is 7.11 Å². The van der Waals surface area contributed by atoms with E-state index in [9.17, 15) is 4.79 Å². The lowest BCUT2D eigenvalue weighted by Gasteiger charge is -2.22. The average Bonchev–Trinajstić information content (AvgIpc) is 3.24. The number of rotatable bonds is 10. The van der Waals surface area contributed by atoms with Crippen LogP contribution < -0.4 is 4.74 Å². The second-order valence-electron chi connectivity index (χ2n) is 7.01. The van der Waals surface area contributed by atoms with Crippen LogP contribution in [0, 0.1) is 0 Å². The number of carbonyl (C=O) groups excluding carboxylic acids is 1. The Hall–Kier alpha value is -3.55. The second kappa shape index (κ2) is 10.5. The van der Waals surface area contributed by atoms with Gasteiger partial charge in [0.2, 0.25) is 5.90 Å². The zero-order valence-corrected chi connectivity index (χ0v) is 17.2. The quantitative estimate of drug-likeness (QED) is 0.206. The molecule has 1 aliphatic heterocycles. The second-order valence-corrected chi connectivity index (χ2v) is 7.01. The molecular weight excluding hydrogens is 400 g/mol. The van der Waals surface area contributed by atoms with Gasteiger partial charge in [-0.3, -0.25) is 0 Å². The molecule has 3 rings (SSSR count). The van der Waals surface area contributed by atoms with Crippen LogP contribution in [0.3, 0.4) is 0 Å². The minimum absolute atomic E-state index is 0.0413. The van der Waals surface area contributed by atoms with Crippen molar-refractivity contribution in [1.82, 2.24) is 0 Å². The predicted molar refractivity (Wildman–Crippen MR) is 114 cm³/mol. The van der Waals surface area contributed by atoms with Crippen molar-refractivity contribution in [3.05, 3.63) is 75.7 Å². The molecule has 2 aromatic rings. The molecule has 0 aliphatic carbocycles. The zero-order valence-electron chi connectivity index (χ0n) is 17.2. The molecule has 0 saturated carbocycles. The Morgan fingerprint density at radius 3 is 2.68 bits per heavy atom. The van der Waals surface area contributed by atoms with Gasteiger partial charge in [0, 0.05) is 29.9 Å². The van der Waals surface area contributed by atoms with Gasteiger partial charge in [0.15, 0.2) is 5.54 Å². The van der Waals surface area contributed by atoms with Crippen LogP contribution in [0.1, 0.15) is 23.1 Å². The summed E-state index contributed by atoms with van der Waals surface area (Å²) in [5.41, 5.74) is 9.78. The highest BCUT2D eigenvalue weighted by atomic mass is 16.5. The van der Waals surface area contributed by atoms with Crippen LogP contribution in [-0.2, 0) is 27.2 Å². The van der Waals surface area contributed by atoms with Crippen molar-refractivity contribution in [1.29, 1.82) is 0 Å². The molecule has 0 bridgehead atoms. The van der Waals surface area contributed by atoms with Crippen molar-refractivity contribution in [2.24, 2.45) is 10.1 Å². The summed E-state index contributed by atoms with van der Waals surface area (Å²) in [4.78, 5) is 20.1. The Labute approximate surface area is 179 Å². The molecule has 0 aromatic heterocycles.